The number of benzene rings is 2. The summed E-state index contributed by atoms with van der Waals surface area (Å²) in [5.41, 5.74) is 0. The van der Waals surface area contributed by atoms with Gasteiger partial charge in [-0.25, -0.2) is 0 Å². The molecule has 0 amide bonds. The minimum atomic E-state index is -1.55. The fourth-order valence-corrected chi connectivity index (χ4v) is 31.2. The first-order valence-electron chi connectivity index (χ1n) is 8.61. The van der Waals surface area contributed by atoms with Crippen LogP contribution in [0.3, 0.4) is 0 Å². The molecule has 0 radical (unpaired) electrons. The highest BCUT2D eigenvalue weighted by Gasteiger charge is 2.19. The lowest BCUT2D eigenvalue weighted by molar-refractivity contribution is 0.598. The minimum Gasteiger partial charge on any atom is -0.464 e. The van der Waals surface area contributed by atoms with Crippen LogP contribution in [0.5, 0.6) is 0 Å². The SMILES string of the molecule is C[SiH](C)O[SiH2][SiH2]O[SiH](C)[SiH2]O[SiH](c1ccccc1)c1ccccc1. The summed E-state index contributed by atoms with van der Waals surface area (Å²) in [6.07, 6.45) is 0. The van der Waals surface area contributed by atoms with Gasteiger partial charge in [0.2, 0.25) is 9.04 Å². The third-order valence-electron chi connectivity index (χ3n) is 3.64. The zero-order valence-corrected chi connectivity index (χ0v) is 22.6. The molecule has 0 aliphatic heterocycles. The Bertz CT molecular complexity index is 532. The Morgan fingerprint density at radius 3 is 1.67 bits per heavy atom. The van der Waals surface area contributed by atoms with Gasteiger partial charge >= 0.3 is 0 Å². The first kappa shape index (κ1) is 19.9. The normalized spacial score (nSPS) is 14.2. The largest absolute Gasteiger partial charge is 0.464 e. The third-order valence-corrected chi connectivity index (χ3v) is 25.2. The molecule has 2 aromatic carbocycles. The maximum atomic E-state index is 6.57. The van der Waals surface area contributed by atoms with Crippen LogP contribution in [0.25, 0.3) is 0 Å². The molecule has 1 unspecified atom stereocenters. The Morgan fingerprint density at radius 1 is 0.667 bits per heavy atom. The Morgan fingerprint density at radius 2 is 1.17 bits per heavy atom. The van der Waals surface area contributed by atoms with Crippen molar-refractivity contribution in [2.24, 2.45) is 0 Å². The van der Waals surface area contributed by atoms with Crippen molar-refractivity contribution in [3.63, 3.8) is 0 Å². The number of hydrogen-bond acceptors (Lipinski definition) is 3. The molecular weight excluding hydrogens is 397 g/mol. The van der Waals surface area contributed by atoms with Gasteiger partial charge in [0.05, 0.1) is 0 Å². The van der Waals surface area contributed by atoms with Crippen molar-refractivity contribution in [1.82, 2.24) is 0 Å². The Kier molecular flexibility index (Phi) is 9.37. The third kappa shape index (κ3) is 7.25. The van der Waals surface area contributed by atoms with Gasteiger partial charge in [-0.1, -0.05) is 67.2 Å². The molecule has 1 atom stereocenters. The molecule has 0 heterocycles. The molecule has 0 aliphatic rings. The van der Waals surface area contributed by atoms with Gasteiger partial charge in [-0.05, 0) is 23.5 Å². The van der Waals surface area contributed by atoms with Gasteiger partial charge in [0.15, 0.2) is 45.4 Å². The van der Waals surface area contributed by atoms with Gasteiger partial charge in [0.1, 0.15) is 0 Å². The van der Waals surface area contributed by atoms with E-state index >= 15 is 0 Å². The summed E-state index contributed by atoms with van der Waals surface area (Å²) in [6.45, 7) is 6.81. The molecule has 0 saturated heterocycles. The predicted molar refractivity (Wildman–Crippen MR) is 120 cm³/mol. The Hall–Kier alpha value is -0.379. The van der Waals surface area contributed by atoms with Crippen LogP contribution in [0, 0.1) is 0 Å². The molecule has 0 aromatic heterocycles. The summed E-state index contributed by atoms with van der Waals surface area (Å²) in [6, 6.07) is 21.5. The van der Waals surface area contributed by atoms with Crippen LogP contribution in [-0.2, 0) is 12.3 Å². The fourth-order valence-electron chi connectivity index (χ4n) is 2.45. The predicted octanol–water partition coefficient (Wildman–Crippen LogP) is -1.43. The van der Waals surface area contributed by atoms with Crippen LogP contribution in [-0.4, -0.2) is 54.5 Å². The average molecular weight is 425 g/mol. The van der Waals surface area contributed by atoms with Crippen LogP contribution in [0.2, 0.25) is 19.6 Å². The first-order chi connectivity index (χ1) is 11.7. The highest BCUT2D eigenvalue weighted by atomic mass is 29.2. The second-order valence-corrected chi connectivity index (χ2v) is 24.0. The molecule has 130 valence electrons. The molecule has 2 aromatic rings. The molecule has 0 fully saturated rings. The molecule has 2 rings (SSSR count). The second-order valence-electron chi connectivity index (χ2n) is 6.14. The van der Waals surface area contributed by atoms with Crippen LogP contribution in [0.4, 0.5) is 0 Å². The summed E-state index contributed by atoms with van der Waals surface area (Å²) in [4.78, 5) is 0. The molecule has 9 heteroatoms. The smallest absolute Gasteiger partial charge is 0.228 e. The molecule has 3 nitrogen and oxygen atoms in total. The molecule has 0 aliphatic carbocycles. The summed E-state index contributed by atoms with van der Waals surface area (Å²) in [7, 11) is -4.71. The molecule has 24 heavy (non-hydrogen) atoms. The standard InChI is InChI=1S/C15H28O3Si6/c1-22(2)16-19-20-17-23(3)21-18-24(14-10-6-4-7-11-14)15-12-8-5-9-13-15/h4-13,22-24H,19-21H2,1-3H3. The van der Waals surface area contributed by atoms with E-state index < -0.39 is 35.9 Å². The van der Waals surface area contributed by atoms with Gasteiger partial charge in [0, 0.05) is 0 Å². The summed E-state index contributed by atoms with van der Waals surface area (Å²) >= 11 is 0. The minimum absolute atomic E-state index is 0.326. The molecule has 0 spiro atoms. The second kappa shape index (κ2) is 11.3. The lowest BCUT2D eigenvalue weighted by atomic mass is 10.4. The van der Waals surface area contributed by atoms with Gasteiger partial charge in [0.25, 0.3) is 0 Å². The molecule has 0 N–H and O–H groups in total. The number of hydrogen-bond donors (Lipinski definition) is 0. The van der Waals surface area contributed by atoms with E-state index in [0.29, 0.717) is 0 Å². The lowest BCUT2D eigenvalue weighted by Gasteiger charge is -2.20. The van der Waals surface area contributed by atoms with Crippen molar-refractivity contribution in [3.05, 3.63) is 60.7 Å². The topological polar surface area (TPSA) is 27.7 Å². The van der Waals surface area contributed by atoms with Crippen molar-refractivity contribution in [2.75, 3.05) is 0 Å². The highest BCUT2D eigenvalue weighted by molar-refractivity contribution is 7.12. The van der Waals surface area contributed by atoms with Crippen LogP contribution in [0.15, 0.2) is 60.7 Å². The van der Waals surface area contributed by atoms with E-state index in [1.807, 2.05) is 0 Å². The van der Waals surface area contributed by atoms with E-state index in [-0.39, 0.29) is 18.6 Å². The summed E-state index contributed by atoms with van der Waals surface area (Å²) < 4.78 is 18.7. The Balaban J connectivity index is 1.90. The van der Waals surface area contributed by atoms with Gasteiger partial charge in [-0.3, -0.25) is 0 Å². The molecule has 0 saturated carbocycles. The monoisotopic (exact) mass is 424 g/mol. The van der Waals surface area contributed by atoms with Gasteiger partial charge in [-0.15, -0.1) is 0 Å². The maximum absolute atomic E-state index is 6.57. The van der Waals surface area contributed by atoms with Crippen molar-refractivity contribution >= 4 is 64.9 Å². The van der Waals surface area contributed by atoms with Gasteiger partial charge in [-0.2, -0.15) is 0 Å². The highest BCUT2D eigenvalue weighted by Crippen LogP contribution is 1.96. The van der Waals surface area contributed by atoms with E-state index in [2.05, 4.69) is 80.3 Å². The van der Waals surface area contributed by atoms with Crippen molar-refractivity contribution in [3.8, 4) is 0 Å². The van der Waals surface area contributed by atoms with Crippen LogP contribution >= 0.6 is 0 Å². The lowest BCUT2D eigenvalue weighted by Crippen LogP contribution is -2.48. The average Bonchev–Trinajstić information content (AvgIpc) is 2.61. The molecular formula is C15H28O3Si6. The van der Waals surface area contributed by atoms with E-state index in [1.165, 1.54) is 10.4 Å². The summed E-state index contributed by atoms with van der Waals surface area (Å²) in [5, 5.41) is 2.75. The zero-order valence-electron chi connectivity index (χ0n) is 14.9. The fraction of sp³-hybridized carbons (Fsp3) is 0.200. The van der Waals surface area contributed by atoms with Crippen LogP contribution < -0.4 is 10.4 Å². The van der Waals surface area contributed by atoms with Crippen molar-refractivity contribution in [2.45, 2.75) is 19.6 Å². The van der Waals surface area contributed by atoms with Gasteiger partial charge < -0.3 is 12.3 Å². The van der Waals surface area contributed by atoms with E-state index in [9.17, 15) is 0 Å². The molecule has 0 bridgehead atoms. The zero-order chi connectivity index (χ0) is 17.2. The first-order valence-corrected chi connectivity index (χ1v) is 23.6. The van der Waals surface area contributed by atoms with E-state index in [4.69, 9.17) is 12.3 Å². The summed E-state index contributed by atoms with van der Waals surface area (Å²) in [5.74, 6) is 0. The van der Waals surface area contributed by atoms with Crippen molar-refractivity contribution < 1.29 is 12.3 Å². The van der Waals surface area contributed by atoms with Crippen LogP contribution in [0.1, 0.15) is 0 Å². The van der Waals surface area contributed by atoms with E-state index in [1.54, 1.807) is 0 Å². The Labute approximate surface area is 157 Å². The van der Waals surface area contributed by atoms with E-state index in [0.717, 1.165) is 0 Å². The quantitative estimate of drug-likeness (QED) is 0.346. The van der Waals surface area contributed by atoms with Crippen molar-refractivity contribution in [1.29, 1.82) is 0 Å². The number of rotatable bonds is 10. The maximum Gasteiger partial charge on any atom is 0.228 e.